The molecule has 1 aromatic carbocycles. The second-order valence-electron chi connectivity index (χ2n) is 3.25. The Balaban J connectivity index is 3.06. The average molecular weight is 228 g/mol. The quantitative estimate of drug-likeness (QED) is 0.827. The smallest absolute Gasteiger partial charge is 0.0181 e. The Morgan fingerprint density at radius 1 is 1.33 bits per heavy atom. The average Bonchev–Trinajstić information content (AvgIpc) is 2.03. The van der Waals surface area contributed by atoms with Crippen LogP contribution in [-0.2, 0) is 6.54 Å². The van der Waals surface area contributed by atoms with Gasteiger partial charge < -0.3 is 5.73 Å². The van der Waals surface area contributed by atoms with Crippen LogP contribution in [0.1, 0.15) is 30.9 Å². The van der Waals surface area contributed by atoms with Crippen molar-refractivity contribution >= 4 is 15.9 Å². The number of hydrogen-bond acceptors (Lipinski definition) is 1. The van der Waals surface area contributed by atoms with E-state index >= 15 is 0 Å². The number of nitrogens with two attached hydrogens (primary N) is 1. The Morgan fingerprint density at radius 3 is 2.50 bits per heavy atom. The van der Waals surface area contributed by atoms with Crippen molar-refractivity contribution in [1.29, 1.82) is 0 Å². The molecule has 12 heavy (non-hydrogen) atoms. The maximum atomic E-state index is 5.57. The van der Waals surface area contributed by atoms with E-state index in [0.29, 0.717) is 12.5 Å². The maximum Gasteiger partial charge on any atom is 0.0181 e. The normalized spacial score (nSPS) is 10.8. The third-order valence-electron chi connectivity index (χ3n) is 1.88. The molecule has 0 aromatic heterocycles. The minimum Gasteiger partial charge on any atom is -0.326 e. The molecule has 0 amide bonds. The summed E-state index contributed by atoms with van der Waals surface area (Å²) >= 11 is 3.47. The molecule has 0 aliphatic heterocycles. The van der Waals surface area contributed by atoms with E-state index in [0.717, 1.165) is 4.47 Å². The van der Waals surface area contributed by atoms with Crippen molar-refractivity contribution in [2.24, 2.45) is 5.73 Å². The van der Waals surface area contributed by atoms with Crippen LogP contribution >= 0.6 is 15.9 Å². The first-order chi connectivity index (χ1) is 5.63. The third kappa shape index (κ3) is 2.32. The Bertz CT molecular complexity index is 269. The lowest BCUT2D eigenvalue weighted by atomic mass is 10.0. The van der Waals surface area contributed by atoms with Gasteiger partial charge in [0.1, 0.15) is 0 Å². The highest BCUT2D eigenvalue weighted by atomic mass is 79.9. The summed E-state index contributed by atoms with van der Waals surface area (Å²) in [6.45, 7) is 4.98. The predicted molar refractivity (Wildman–Crippen MR) is 56.1 cm³/mol. The molecule has 1 nitrogen and oxygen atoms in total. The molecule has 0 heterocycles. The van der Waals surface area contributed by atoms with Crippen molar-refractivity contribution in [3.8, 4) is 0 Å². The highest BCUT2D eigenvalue weighted by Crippen LogP contribution is 2.21. The summed E-state index contributed by atoms with van der Waals surface area (Å²) in [4.78, 5) is 0. The molecule has 0 aliphatic carbocycles. The molecule has 0 saturated carbocycles. The number of hydrogen-bond donors (Lipinski definition) is 1. The first-order valence-corrected chi connectivity index (χ1v) is 4.92. The molecule has 0 saturated heterocycles. The fraction of sp³-hybridized carbons (Fsp3) is 0.400. The topological polar surface area (TPSA) is 26.0 Å². The van der Waals surface area contributed by atoms with Crippen molar-refractivity contribution in [3.63, 3.8) is 0 Å². The summed E-state index contributed by atoms with van der Waals surface area (Å²) in [5.41, 5.74) is 8.09. The largest absolute Gasteiger partial charge is 0.326 e. The predicted octanol–water partition coefficient (Wildman–Crippen LogP) is 3.03. The fourth-order valence-electron chi connectivity index (χ4n) is 1.13. The summed E-state index contributed by atoms with van der Waals surface area (Å²) in [5.74, 6) is 0.563. The zero-order chi connectivity index (χ0) is 9.14. The van der Waals surface area contributed by atoms with Gasteiger partial charge in [0, 0.05) is 11.0 Å². The van der Waals surface area contributed by atoms with Crippen molar-refractivity contribution in [3.05, 3.63) is 33.8 Å². The molecule has 1 aromatic rings. The van der Waals surface area contributed by atoms with Gasteiger partial charge in [-0.2, -0.15) is 0 Å². The maximum absolute atomic E-state index is 5.57. The van der Waals surface area contributed by atoms with Crippen LogP contribution in [0.4, 0.5) is 0 Å². The van der Waals surface area contributed by atoms with Gasteiger partial charge in [-0.3, -0.25) is 0 Å². The summed E-state index contributed by atoms with van der Waals surface area (Å²) in [5, 5.41) is 0. The first-order valence-electron chi connectivity index (χ1n) is 4.13. The minimum atomic E-state index is 0.563. The van der Waals surface area contributed by atoms with Gasteiger partial charge in [-0.1, -0.05) is 35.8 Å². The van der Waals surface area contributed by atoms with Crippen LogP contribution in [0.15, 0.2) is 22.7 Å². The molecule has 0 fully saturated rings. The molecule has 0 radical (unpaired) electrons. The van der Waals surface area contributed by atoms with E-state index < -0.39 is 0 Å². The number of rotatable bonds is 2. The van der Waals surface area contributed by atoms with Crippen LogP contribution in [0.3, 0.4) is 0 Å². The second-order valence-corrected chi connectivity index (χ2v) is 4.17. The minimum absolute atomic E-state index is 0.563. The van der Waals surface area contributed by atoms with E-state index in [1.807, 2.05) is 0 Å². The summed E-state index contributed by atoms with van der Waals surface area (Å²) in [6, 6.07) is 6.37. The van der Waals surface area contributed by atoms with Gasteiger partial charge in [-0.25, -0.2) is 0 Å². The van der Waals surface area contributed by atoms with Crippen molar-refractivity contribution in [2.75, 3.05) is 0 Å². The molecular weight excluding hydrogens is 214 g/mol. The Labute approximate surface area is 82.1 Å². The van der Waals surface area contributed by atoms with Gasteiger partial charge in [0.2, 0.25) is 0 Å². The van der Waals surface area contributed by atoms with Gasteiger partial charge in [-0.15, -0.1) is 0 Å². The molecule has 0 bridgehead atoms. The SMILES string of the molecule is CC(C)c1cc(Br)cc(CN)c1. The van der Waals surface area contributed by atoms with E-state index in [9.17, 15) is 0 Å². The lowest BCUT2D eigenvalue weighted by Crippen LogP contribution is -1.98. The van der Waals surface area contributed by atoms with Crippen LogP contribution in [0.25, 0.3) is 0 Å². The van der Waals surface area contributed by atoms with Crippen LogP contribution in [0.5, 0.6) is 0 Å². The summed E-state index contributed by atoms with van der Waals surface area (Å²) < 4.78 is 1.12. The molecule has 0 atom stereocenters. The zero-order valence-corrected chi connectivity index (χ0v) is 9.06. The van der Waals surface area contributed by atoms with Crippen LogP contribution < -0.4 is 5.73 Å². The highest BCUT2D eigenvalue weighted by Gasteiger charge is 2.01. The van der Waals surface area contributed by atoms with Gasteiger partial charge in [0.25, 0.3) is 0 Å². The fourth-order valence-corrected chi connectivity index (χ4v) is 1.68. The molecule has 0 unspecified atom stereocenters. The lowest BCUT2D eigenvalue weighted by molar-refractivity contribution is 0.860. The Morgan fingerprint density at radius 2 is 2.00 bits per heavy atom. The number of halogens is 1. The van der Waals surface area contributed by atoms with E-state index in [2.05, 4.69) is 48.0 Å². The molecule has 2 N–H and O–H groups in total. The molecule has 0 aliphatic rings. The summed E-state index contributed by atoms with van der Waals surface area (Å²) in [6.07, 6.45) is 0. The van der Waals surface area contributed by atoms with Gasteiger partial charge in [-0.05, 0) is 29.2 Å². The van der Waals surface area contributed by atoms with Crippen molar-refractivity contribution < 1.29 is 0 Å². The van der Waals surface area contributed by atoms with Gasteiger partial charge >= 0.3 is 0 Å². The van der Waals surface area contributed by atoms with Crippen molar-refractivity contribution in [1.82, 2.24) is 0 Å². The molecule has 66 valence electrons. The molecule has 0 spiro atoms. The van der Waals surface area contributed by atoms with Crippen LogP contribution in [0, 0.1) is 0 Å². The lowest BCUT2D eigenvalue weighted by Gasteiger charge is -2.08. The van der Waals surface area contributed by atoms with Gasteiger partial charge in [0.05, 0.1) is 0 Å². The Kier molecular flexibility index (Phi) is 3.29. The molecule has 1 rings (SSSR count). The van der Waals surface area contributed by atoms with Crippen molar-refractivity contribution in [2.45, 2.75) is 26.3 Å². The second kappa shape index (κ2) is 4.06. The first kappa shape index (κ1) is 9.75. The standard InChI is InChI=1S/C10H14BrN/c1-7(2)9-3-8(6-12)4-10(11)5-9/h3-5,7H,6,12H2,1-2H3. The molecular formula is C10H14BrN. The summed E-state index contributed by atoms with van der Waals surface area (Å²) in [7, 11) is 0. The zero-order valence-electron chi connectivity index (χ0n) is 7.47. The van der Waals surface area contributed by atoms with Gasteiger partial charge in [0.15, 0.2) is 0 Å². The Hall–Kier alpha value is -0.340. The molecule has 2 heteroatoms. The number of benzene rings is 1. The van der Waals surface area contributed by atoms with E-state index in [-0.39, 0.29) is 0 Å². The highest BCUT2D eigenvalue weighted by molar-refractivity contribution is 9.10. The van der Waals surface area contributed by atoms with Crippen LogP contribution in [0.2, 0.25) is 0 Å². The van der Waals surface area contributed by atoms with E-state index in [1.165, 1.54) is 11.1 Å². The monoisotopic (exact) mass is 227 g/mol. The van der Waals surface area contributed by atoms with Crippen LogP contribution in [-0.4, -0.2) is 0 Å². The van der Waals surface area contributed by atoms with E-state index in [4.69, 9.17) is 5.73 Å². The van der Waals surface area contributed by atoms with E-state index in [1.54, 1.807) is 0 Å². The third-order valence-corrected chi connectivity index (χ3v) is 2.34.